The maximum atomic E-state index is 12.0. The molecule has 23 heavy (non-hydrogen) atoms. The first-order valence-electron chi connectivity index (χ1n) is 7.54. The Kier molecular flexibility index (Phi) is 3.82. The predicted octanol–water partition coefficient (Wildman–Crippen LogP) is 2.96. The van der Waals surface area contributed by atoms with E-state index in [0.717, 1.165) is 29.4 Å². The first-order chi connectivity index (χ1) is 11.2. The molecule has 7 heteroatoms. The number of benzene rings is 1. The van der Waals surface area contributed by atoms with Crippen molar-refractivity contribution in [2.24, 2.45) is 0 Å². The average molecular weight is 344 g/mol. The Balaban J connectivity index is 1.70. The van der Waals surface area contributed by atoms with Crippen molar-refractivity contribution in [2.75, 3.05) is 17.2 Å². The summed E-state index contributed by atoms with van der Waals surface area (Å²) < 4.78 is 1.41. The number of hydrogen-bond donors (Lipinski definition) is 0. The van der Waals surface area contributed by atoms with Crippen LogP contribution in [0.15, 0.2) is 40.0 Å². The molecular formula is C16H16N4OS2. The van der Waals surface area contributed by atoms with Crippen LogP contribution in [0.3, 0.4) is 0 Å². The van der Waals surface area contributed by atoms with Crippen LogP contribution in [0.25, 0.3) is 4.96 Å². The fourth-order valence-electron chi connectivity index (χ4n) is 2.75. The number of aryl methyl sites for hydroxylation is 1. The number of rotatable bonds is 2. The van der Waals surface area contributed by atoms with Crippen LogP contribution < -0.4 is 10.5 Å². The van der Waals surface area contributed by atoms with Crippen LogP contribution in [0, 0.1) is 6.92 Å². The summed E-state index contributed by atoms with van der Waals surface area (Å²) in [6.45, 7) is 3.55. The molecule has 0 saturated carbocycles. The third kappa shape index (κ3) is 2.86. The minimum atomic E-state index is -0.109. The normalized spacial score (nSPS) is 14.7. The number of fused-ring (bicyclic) bond motifs is 2. The van der Waals surface area contributed by atoms with Crippen LogP contribution in [0.2, 0.25) is 0 Å². The van der Waals surface area contributed by atoms with Gasteiger partial charge in [0.1, 0.15) is 5.01 Å². The number of thioether (sulfide) groups is 1. The lowest BCUT2D eigenvalue weighted by Crippen LogP contribution is -2.24. The second-order valence-corrected chi connectivity index (χ2v) is 7.69. The Morgan fingerprint density at radius 3 is 3.09 bits per heavy atom. The van der Waals surface area contributed by atoms with Crippen LogP contribution in [0.4, 0.5) is 5.69 Å². The summed E-state index contributed by atoms with van der Waals surface area (Å²) in [4.78, 5) is 20.8. The van der Waals surface area contributed by atoms with Gasteiger partial charge in [0.2, 0.25) is 4.96 Å². The zero-order valence-corrected chi connectivity index (χ0v) is 14.4. The van der Waals surface area contributed by atoms with Gasteiger partial charge in [0.05, 0.1) is 12.2 Å². The van der Waals surface area contributed by atoms with Gasteiger partial charge < -0.3 is 4.90 Å². The van der Waals surface area contributed by atoms with E-state index in [0.29, 0.717) is 11.5 Å². The fraction of sp³-hybridized carbons (Fsp3) is 0.312. The summed E-state index contributed by atoms with van der Waals surface area (Å²) in [5.74, 6) is 1.13. The number of anilines is 1. The zero-order chi connectivity index (χ0) is 15.8. The van der Waals surface area contributed by atoms with E-state index in [-0.39, 0.29) is 5.56 Å². The summed E-state index contributed by atoms with van der Waals surface area (Å²) in [5.41, 5.74) is 1.88. The van der Waals surface area contributed by atoms with E-state index in [9.17, 15) is 4.79 Å². The SMILES string of the molecule is Cc1cc(=O)n2nc(CN3CCCSc4ccccc43)sc2n1. The maximum Gasteiger partial charge on any atom is 0.275 e. The number of para-hydroxylation sites is 1. The maximum absolute atomic E-state index is 12.0. The van der Waals surface area contributed by atoms with Gasteiger partial charge in [-0.05, 0) is 31.2 Å². The minimum Gasteiger partial charge on any atom is -0.364 e. The summed E-state index contributed by atoms with van der Waals surface area (Å²) >= 11 is 3.40. The molecule has 1 aliphatic heterocycles. The zero-order valence-electron chi connectivity index (χ0n) is 12.7. The molecule has 1 aliphatic rings. The van der Waals surface area contributed by atoms with Crippen LogP contribution >= 0.6 is 23.1 Å². The molecule has 5 nitrogen and oxygen atoms in total. The van der Waals surface area contributed by atoms with Gasteiger partial charge in [-0.2, -0.15) is 9.61 Å². The van der Waals surface area contributed by atoms with Crippen molar-refractivity contribution in [3.8, 4) is 0 Å². The lowest BCUT2D eigenvalue weighted by Gasteiger charge is -2.23. The molecule has 0 amide bonds. The summed E-state index contributed by atoms with van der Waals surface area (Å²) in [7, 11) is 0. The Morgan fingerprint density at radius 2 is 2.17 bits per heavy atom. The van der Waals surface area contributed by atoms with Crippen molar-refractivity contribution in [1.29, 1.82) is 0 Å². The van der Waals surface area contributed by atoms with E-state index in [4.69, 9.17) is 0 Å². The van der Waals surface area contributed by atoms with Gasteiger partial charge in [-0.15, -0.1) is 11.8 Å². The molecule has 0 N–H and O–H groups in total. The van der Waals surface area contributed by atoms with Gasteiger partial charge >= 0.3 is 0 Å². The van der Waals surface area contributed by atoms with Crippen LogP contribution in [-0.2, 0) is 6.54 Å². The van der Waals surface area contributed by atoms with E-state index in [1.807, 2.05) is 18.7 Å². The molecule has 0 unspecified atom stereocenters. The minimum absolute atomic E-state index is 0.109. The molecular weight excluding hydrogens is 328 g/mol. The van der Waals surface area contributed by atoms with Gasteiger partial charge in [0.15, 0.2) is 0 Å². The molecule has 0 aliphatic carbocycles. The third-order valence-electron chi connectivity index (χ3n) is 3.78. The Labute approximate surface area is 142 Å². The molecule has 3 aromatic rings. The highest BCUT2D eigenvalue weighted by atomic mass is 32.2. The van der Waals surface area contributed by atoms with E-state index in [2.05, 4.69) is 39.2 Å². The Hall–Kier alpha value is -1.86. The van der Waals surface area contributed by atoms with Crippen molar-refractivity contribution >= 4 is 33.7 Å². The topological polar surface area (TPSA) is 50.5 Å². The first kappa shape index (κ1) is 14.7. The second kappa shape index (κ2) is 5.98. The van der Waals surface area contributed by atoms with Gasteiger partial charge in [-0.3, -0.25) is 4.79 Å². The molecule has 118 valence electrons. The molecule has 0 bridgehead atoms. The number of hydrogen-bond acceptors (Lipinski definition) is 6. The summed E-state index contributed by atoms with van der Waals surface area (Å²) in [6.07, 6.45) is 1.14. The molecule has 0 fully saturated rings. The molecule has 0 saturated heterocycles. The summed E-state index contributed by atoms with van der Waals surface area (Å²) in [6, 6.07) is 10.0. The molecule has 0 radical (unpaired) electrons. The van der Waals surface area contributed by atoms with Crippen LogP contribution in [-0.4, -0.2) is 26.9 Å². The number of aromatic nitrogens is 3. The molecule has 3 heterocycles. The average Bonchev–Trinajstić information content (AvgIpc) is 2.82. The van der Waals surface area contributed by atoms with Gasteiger partial charge in [0.25, 0.3) is 5.56 Å². The highest BCUT2D eigenvalue weighted by Crippen LogP contribution is 2.34. The van der Waals surface area contributed by atoms with E-state index in [1.165, 1.54) is 32.5 Å². The Morgan fingerprint density at radius 1 is 1.30 bits per heavy atom. The monoisotopic (exact) mass is 344 g/mol. The van der Waals surface area contributed by atoms with Crippen molar-refractivity contribution in [3.63, 3.8) is 0 Å². The molecule has 0 atom stereocenters. The predicted molar refractivity (Wildman–Crippen MR) is 94.7 cm³/mol. The van der Waals surface area contributed by atoms with Gasteiger partial charge in [0, 0.05) is 23.2 Å². The van der Waals surface area contributed by atoms with Crippen molar-refractivity contribution < 1.29 is 0 Å². The second-order valence-electron chi connectivity index (χ2n) is 5.52. The highest BCUT2D eigenvalue weighted by Gasteiger charge is 2.17. The lowest BCUT2D eigenvalue weighted by atomic mass is 10.2. The molecule has 4 rings (SSSR count). The molecule has 1 aromatic carbocycles. The van der Waals surface area contributed by atoms with E-state index < -0.39 is 0 Å². The standard InChI is InChI=1S/C16H16N4OS2/c1-11-9-15(21)20-16(17-11)23-14(18-20)10-19-7-4-8-22-13-6-3-2-5-12(13)19/h2-3,5-6,9H,4,7-8,10H2,1H3. The van der Waals surface area contributed by atoms with Crippen molar-refractivity contribution in [1.82, 2.24) is 14.6 Å². The molecule has 2 aromatic heterocycles. The van der Waals surface area contributed by atoms with Crippen LogP contribution in [0.5, 0.6) is 0 Å². The van der Waals surface area contributed by atoms with E-state index in [1.54, 1.807) is 0 Å². The van der Waals surface area contributed by atoms with Crippen molar-refractivity contribution in [3.05, 3.63) is 51.4 Å². The van der Waals surface area contributed by atoms with Gasteiger partial charge in [-0.1, -0.05) is 23.5 Å². The van der Waals surface area contributed by atoms with Crippen molar-refractivity contribution in [2.45, 2.75) is 24.8 Å². The first-order valence-corrected chi connectivity index (χ1v) is 9.34. The molecule has 0 spiro atoms. The van der Waals surface area contributed by atoms with E-state index >= 15 is 0 Å². The third-order valence-corrected chi connectivity index (χ3v) is 5.82. The smallest absolute Gasteiger partial charge is 0.275 e. The lowest BCUT2D eigenvalue weighted by molar-refractivity contribution is 0.748. The highest BCUT2D eigenvalue weighted by molar-refractivity contribution is 7.99. The van der Waals surface area contributed by atoms with Gasteiger partial charge in [-0.25, -0.2) is 4.98 Å². The van der Waals surface area contributed by atoms with Crippen LogP contribution in [0.1, 0.15) is 17.1 Å². The quantitative estimate of drug-likeness (QED) is 0.715. The number of nitrogens with zero attached hydrogens (tertiary/aromatic N) is 4. The Bertz CT molecular complexity index is 918. The largest absolute Gasteiger partial charge is 0.364 e. The fourth-order valence-corrected chi connectivity index (χ4v) is 4.72. The summed E-state index contributed by atoms with van der Waals surface area (Å²) in [5, 5.41) is 5.38.